The number of nitrogens with one attached hydrogen (secondary N) is 1. The van der Waals surface area contributed by atoms with Crippen LogP contribution in [0.4, 0.5) is 18.9 Å². The Kier molecular flexibility index (Phi) is 7.46. The fourth-order valence-corrected chi connectivity index (χ4v) is 2.33. The molecule has 0 aliphatic rings. The van der Waals surface area contributed by atoms with Crippen molar-refractivity contribution >= 4 is 17.5 Å². The fraction of sp³-hybridized carbons (Fsp3) is 0.300. The Labute approximate surface area is 166 Å². The molecule has 0 heterocycles. The highest BCUT2D eigenvalue weighted by Gasteiger charge is 2.30. The number of nitrogens with zero attached hydrogens (tertiary/aromatic N) is 1. The van der Waals surface area contributed by atoms with Crippen molar-refractivity contribution in [3.8, 4) is 11.5 Å². The molecule has 0 spiro atoms. The highest BCUT2D eigenvalue weighted by Crippen LogP contribution is 2.23. The molecule has 9 heteroatoms. The second kappa shape index (κ2) is 9.81. The SMILES string of the molecule is Cc1ccc(OCCC(=O)N(C)CC(=O)Nc2ccc(OC(F)(F)F)cc2)cc1. The molecule has 0 atom stereocenters. The van der Waals surface area contributed by atoms with Gasteiger partial charge in [0.15, 0.2) is 0 Å². The number of hydrogen-bond acceptors (Lipinski definition) is 4. The van der Waals surface area contributed by atoms with Gasteiger partial charge in [0.1, 0.15) is 11.5 Å². The van der Waals surface area contributed by atoms with Crippen LogP contribution in [-0.4, -0.2) is 43.3 Å². The normalized spacial score (nSPS) is 10.9. The van der Waals surface area contributed by atoms with Gasteiger partial charge in [0.2, 0.25) is 11.8 Å². The van der Waals surface area contributed by atoms with E-state index in [1.165, 1.54) is 24.1 Å². The summed E-state index contributed by atoms with van der Waals surface area (Å²) in [7, 11) is 1.48. The van der Waals surface area contributed by atoms with E-state index in [4.69, 9.17) is 4.74 Å². The minimum absolute atomic E-state index is 0.0983. The average molecular weight is 410 g/mol. The number of anilines is 1. The van der Waals surface area contributed by atoms with Crippen LogP contribution in [0.1, 0.15) is 12.0 Å². The molecule has 0 aliphatic carbocycles. The number of aryl methyl sites for hydroxylation is 1. The summed E-state index contributed by atoms with van der Waals surface area (Å²) in [5.41, 5.74) is 1.38. The van der Waals surface area contributed by atoms with Crippen molar-refractivity contribution < 1.29 is 32.2 Å². The first-order valence-corrected chi connectivity index (χ1v) is 8.71. The van der Waals surface area contributed by atoms with E-state index in [9.17, 15) is 22.8 Å². The molecule has 2 amide bonds. The summed E-state index contributed by atoms with van der Waals surface area (Å²) in [5.74, 6) is -0.496. The molecular weight excluding hydrogens is 389 g/mol. The lowest BCUT2D eigenvalue weighted by Crippen LogP contribution is -2.35. The molecule has 2 aromatic carbocycles. The van der Waals surface area contributed by atoms with Gasteiger partial charge in [0.05, 0.1) is 19.6 Å². The van der Waals surface area contributed by atoms with E-state index in [-0.39, 0.29) is 31.2 Å². The topological polar surface area (TPSA) is 67.9 Å². The molecule has 1 N–H and O–H groups in total. The van der Waals surface area contributed by atoms with Gasteiger partial charge in [-0.05, 0) is 43.3 Å². The van der Waals surface area contributed by atoms with Crippen molar-refractivity contribution in [3.05, 3.63) is 54.1 Å². The van der Waals surface area contributed by atoms with Crippen LogP contribution in [-0.2, 0) is 9.59 Å². The molecule has 0 fully saturated rings. The van der Waals surface area contributed by atoms with Gasteiger partial charge >= 0.3 is 6.36 Å². The molecule has 156 valence electrons. The molecule has 0 aliphatic heterocycles. The Bertz CT molecular complexity index is 821. The molecule has 29 heavy (non-hydrogen) atoms. The van der Waals surface area contributed by atoms with Gasteiger partial charge < -0.3 is 19.7 Å². The summed E-state index contributed by atoms with van der Waals surface area (Å²) in [4.78, 5) is 25.4. The second-order valence-corrected chi connectivity index (χ2v) is 6.28. The first kappa shape index (κ1) is 22.1. The zero-order valence-corrected chi connectivity index (χ0v) is 16.0. The van der Waals surface area contributed by atoms with Gasteiger partial charge in [-0.3, -0.25) is 9.59 Å². The molecule has 2 aromatic rings. The number of ether oxygens (including phenoxy) is 2. The largest absolute Gasteiger partial charge is 0.573 e. The Morgan fingerprint density at radius 2 is 1.59 bits per heavy atom. The molecule has 0 bridgehead atoms. The third-order valence-electron chi connectivity index (χ3n) is 3.78. The second-order valence-electron chi connectivity index (χ2n) is 6.28. The van der Waals surface area contributed by atoms with Crippen LogP contribution in [0.5, 0.6) is 11.5 Å². The van der Waals surface area contributed by atoms with Crippen LogP contribution in [0.25, 0.3) is 0 Å². The molecule has 0 radical (unpaired) electrons. The quantitative estimate of drug-likeness (QED) is 0.720. The Balaban J connectivity index is 1.74. The maximum Gasteiger partial charge on any atom is 0.573 e. The van der Waals surface area contributed by atoms with Gasteiger partial charge in [-0.25, -0.2) is 0 Å². The number of carbonyl (C=O) groups excluding carboxylic acids is 2. The van der Waals surface area contributed by atoms with Gasteiger partial charge in [-0.2, -0.15) is 0 Å². The lowest BCUT2D eigenvalue weighted by atomic mass is 10.2. The minimum Gasteiger partial charge on any atom is -0.493 e. The smallest absolute Gasteiger partial charge is 0.493 e. The number of amides is 2. The molecular formula is C20H21F3N2O4. The van der Waals surface area contributed by atoms with Gasteiger partial charge in [0, 0.05) is 12.7 Å². The fourth-order valence-electron chi connectivity index (χ4n) is 2.33. The molecule has 0 aromatic heterocycles. The Morgan fingerprint density at radius 3 is 2.17 bits per heavy atom. The number of rotatable bonds is 8. The van der Waals surface area contributed by atoms with Crippen LogP contribution in [0, 0.1) is 6.92 Å². The van der Waals surface area contributed by atoms with Crippen molar-refractivity contribution in [1.29, 1.82) is 0 Å². The number of hydrogen-bond donors (Lipinski definition) is 1. The van der Waals surface area contributed by atoms with E-state index in [1.807, 2.05) is 31.2 Å². The van der Waals surface area contributed by atoms with Crippen LogP contribution in [0.15, 0.2) is 48.5 Å². The molecule has 2 rings (SSSR count). The van der Waals surface area contributed by atoms with E-state index < -0.39 is 18.0 Å². The van der Waals surface area contributed by atoms with Crippen molar-refractivity contribution in [1.82, 2.24) is 4.90 Å². The number of likely N-dealkylation sites (N-methyl/N-ethyl adjacent to an activating group) is 1. The minimum atomic E-state index is -4.78. The molecule has 0 saturated heterocycles. The van der Waals surface area contributed by atoms with E-state index >= 15 is 0 Å². The third-order valence-corrected chi connectivity index (χ3v) is 3.78. The van der Waals surface area contributed by atoms with Crippen molar-refractivity contribution in [2.75, 3.05) is 25.5 Å². The van der Waals surface area contributed by atoms with Crippen LogP contribution in [0.2, 0.25) is 0 Å². The number of halogens is 3. The van der Waals surface area contributed by atoms with E-state index in [2.05, 4.69) is 10.1 Å². The lowest BCUT2D eigenvalue weighted by molar-refractivity contribution is -0.274. The van der Waals surface area contributed by atoms with Crippen molar-refractivity contribution in [2.45, 2.75) is 19.7 Å². The zero-order chi connectivity index (χ0) is 21.4. The van der Waals surface area contributed by atoms with E-state index in [0.29, 0.717) is 5.75 Å². The predicted octanol–water partition coefficient (Wildman–Crippen LogP) is 3.76. The lowest BCUT2D eigenvalue weighted by Gasteiger charge is -2.17. The summed E-state index contributed by atoms with van der Waals surface area (Å²) < 4.78 is 45.6. The summed E-state index contributed by atoms with van der Waals surface area (Å²) in [5, 5.41) is 2.50. The summed E-state index contributed by atoms with van der Waals surface area (Å²) in [6.45, 7) is 1.93. The number of alkyl halides is 3. The van der Waals surface area contributed by atoms with Crippen LogP contribution < -0.4 is 14.8 Å². The van der Waals surface area contributed by atoms with Crippen molar-refractivity contribution in [3.63, 3.8) is 0 Å². The zero-order valence-electron chi connectivity index (χ0n) is 16.0. The maximum atomic E-state index is 12.1. The molecule has 6 nitrogen and oxygen atoms in total. The first-order chi connectivity index (χ1) is 13.6. The summed E-state index contributed by atoms with van der Waals surface area (Å²) >= 11 is 0. The van der Waals surface area contributed by atoms with E-state index in [0.717, 1.165) is 17.7 Å². The predicted molar refractivity (Wildman–Crippen MR) is 101 cm³/mol. The van der Waals surface area contributed by atoms with Crippen molar-refractivity contribution in [2.24, 2.45) is 0 Å². The molecule has 0 unspecified atom stereocenters. The number of carbonyl (C=O) groups is 2. The third kappa shape index (κ3) is 8.12. The standard InChI is InChI=1S/C20H21F3N2O4/c1-14-3-7-16(8-4-14)28-12-11-19(27)25(2)13-18(26)24-15-5-9-17(10-6-15)29-20(21,22)23/h3-10H,11-13H2,1-2H3,(H,24,26). The highest BCUT2D eigenvalue weighted by molar-refractivity contribution is 5.94. The van der Waals surface area contributed by atoms with E-state index in [1.54, 1.807) is 0 Å². The highest BCUT2D eigenvalue weighted by atomic mass is 19.4. The monoisotopic (exact) mass is 410 g/mol. The van der Waals surface area contributed by atoms with Crippen LogP contribution in [0.3, 0.4) is 0 Å². The van der Waals surface area contributed by atoms with Gasteiger partial charge in [0.25, 0.3) is 0 Å². The Hall–Kier alpha value is -3.23. The average Bonchev–Trinajstić information content (AvgIpc) is 2.63. The summed E-state index contributed by atoms with van der Waals surface area (Å²) in [6, 6.07) is 12.1. The molecule has 0 saturated carbocycles. The van der Waals surface area contributed by atoms with Gasteiger partial charge in [-0.1, -0.05) is 17.7 Å². The summed E-state index contributed by atoms with van der Waals surface area (Å²) in [6.07, 6.45) is -4.68. The number of benzene rings is 2. The first-order valence-electron chi connectivity index (χ1n) is 8.71. The van der Waals surface area contributed by atoms with Gasteiger partial charge in [-0.15, -0.1) is 13.2 Å². The maximum absolute atomic E-state index is 12.1. The van der Waals surface area contributed by atoms with Crippen LogP contribution >= 0.6 is 0 Å². The Morgan fingerprint density at radius 1 is 1.00 bits per heavy atom.